The molecule has 0 aliphatic carbocycles. The third kappa shape index (κ3) is 3.07. The lowest BCUT2D eigenvalue weighted by molar-refractivity contribution is -0.129. The van der Waals surface area contributed by atoms with Crippen molar-refractivity contribution in [3.8, 4) is 0 Å². The van der Waals surface area contributed by atoms with Gasteiger partial charge >= 0.3 is 0 Å². The van der Waals surface area contributed by atoms with Gasteiger partial charge in [0.15, 0.2) is 0 Å². The minimum absolute atomic E-state index is 0.000672. The SMILES string of the molecule is C=C(C)C(=O)N1CCCC(C)(c2ccc3c(N)c(C(=O)NC)sc3n2)C1. The van der Waals surface area contributed by atoms with Gasteiger partial charge in [0.25, 0.3) is 5.91 Å². The average molecular weight is 372 g/mol. The molecule has 2 amide bonds. The molecular formula is C19H24N4O2S. The molecule has 7 heteroatoms. The molecule has 1 saturated heterocycles. The van der Waals surface area contributed by atoms with Gasteiger partial charge in [-0.2, -0.15) is 0 Å². The molecule has 3 rings (SSSR count). The van der Waals surface area contributed by atoms with Crippen LogP contribution >= 0.6 is 11.3 Å². The number of hydrogen-bond donors (Lipinski definition) is 2. The molecule has 0 radical (unpaired) electrons. The molecule has 3 N–H and O–H groups in total. The van der Waals surface area contributed by atoms with Gasteiger partial charge in [0.2, 0.25) is 5.91 Å². The van der Waals surface area contributed by atoms with Crippen molar-refractivity contribution in [1.82, 2.24) is 15.2 Å². The Kier molecular flexibility index (Phi) is 4.75. The van der Waals surface area contributed by atoms with E-state index >= 15 is 0 Å². The van der Waals surface area contributed by atoms with Crippen molar-refractivity contribution in [3.05, 3.63) is 34.9 Å². The maximum Gasteiger partial charge on any atom is 0.263 e. The van der Waals surface area contributed by atoms with Crippen LogP contribution < -0.4 is 11.1 Å². The van der Waals surface area contributed by atoms with Crippen molar-refractivity contribution < 1.29 is 9.59 Å². The number of nitrogen functional groups attached to an aromatic ring is 1. The highest BCUT2D eigenvalue weighted by molar-refractivity contribution is 7.21. The van der Waals surface area contributed by atoms with Gasteiger partial charge in [-0.05, 0) is 31.9 Å². The third-order valence-electron chi connectivity index (χ3n) is 4.99. The van der Waals surface area contributed by atoms with Crippen molar-refractivity contribution in [2.24, 2.45) is 0 Å². The van der Waals surface area contributed by atoms with Crippen LogP contribution in [0.25, 0.3) is 10.2 Å². The highest BCUT2D eigenvalue weighted by Crippen LogP contribution is 2.37. The molecule has 3 heterocycles. The summed E-state index contributed by atoms with van der Waals surface area (Å²) in [4.78, 5) is 32.2. The number of nitrogens with zero attached hydrogens (tertiary/aromatic N) is 2. The molecule has 1 aliphatic heterocycles. The first-order valence-corrected chi connectivity index (χ1v) is 9.45. The number of nitrogens with one attached hydrogen (secondary N) is 1. The Morgan fingerprint density at radius 1 is 1.42 bits per heavy atom. The Morgan fingerprint density at radius 2 is 2.15 bits per heavy atom. The van der Waals surface area contributed by atoms with Crippen LogP contribution in [0.15, 0.2) is 24.3 Å². The number of amides is 2. The van der Waals surface area contributed by atoms with Gasteiger partial charge in [-0.1, -0.05) is 13.5 Å². The second-order valence-corrected chi connectivity index (χ2v) is 8.14. The second-order valence-electron chi connectivity index (χ2n) is 7.14. The van der Waals surface area contributed by atoms with Crippen LogP contribution in [-0.2, 0) is 10.2 Å². The molecule has 138 valence electrons. The van der Waals surface area contributed by atoms with E-state index in [9.17, 15) is 9.59 Å². The Bertz CT molecular complexity index is 904. The monoisotopic (exact) mass is 372 g/mol. The van der Waals surface area contributed by atoms with Crippen LogP contribution in [0.5, 0.6) is 0 Å². The van der Waals surface area contributed by atoms with Gasteiger partial charge in [0.05, 0.1) is 5.69 Å². The molecule has 26 heavy (non-hydrogen) atoms. The predicted octanol–water partition coefficient (Wildman–Crippen LogP) is 2.69. The molecule has 1 fully saturated rings. The van der Waals surface area contributed by atoms with Crippen molar-refractivity contribution in [2.75, 3.05) is 25.9 Å². The maximum atomic E-state index is 12.3. The zero-order valence-corrected chi connectivity index (χ0v) is 16.2. The Morgan fingerprint density at radius 3 is 2.81 bits per heavy atom. The number of pyridine rings is 1. The topological polar surface area (TPSA) is 88.3 Å². The number of likely N-dealkylation sites (tertiary alicyclic amines) is 1. The molecule has 1 aliphatic rings. The summed E-state index contributed by atoms with van der Waals surface area (Å²) in [5.74, 6) is -0.201. The van der Waals surface area contributed by atoms with Gasteiger partial charge in [0, 0.05) is 42.2 Å². The fraction of sp³-hybridized carbons (Fsp3) is 0.421. The number of rotatable bonds is 3. The molecular weight excluding hydrogens is 348 g/mol. The zero-order valence-electron chi connectivity index (χ0n) is 15.4. The van der Waals surface area contributed by atoms with Gasteiger partial charge in [-0.3, -0.25) is 9.59 Å². The summed E-state index contributed by atoms with van der Waals surface area (Å²) in [5.41, 5.74) is 7.83. The first-order chi connectivity index (χ1) is 12.3. The first kappa shape index (κ1) is 18.4. The molecule has 2 aromatic rings. The number of hydrogen-bond acceptors (Lipinski definition) is 5. The van der Waals surface area contributed by atoms with Crippen molar-refractivity contribution in [1.29, 1.82) is 0 Å². The predicted molar refractivity (Wildman–Crippen MR) is 105 cm³/mol. The van der Waals surface area contributed by atoms with Gasteiger partial charge in [-0.25, -0.2) is 4.98 Å². The summed E-state index contributed by atoms with van der Waals surface area (Å²) in [6, 6.07) is 3.90. The highest BCUT2D eigenvalue weighted by Gasteiger charge is 2.36. The van der Waals surface area contributed by atoms with E-state index in [1.807, 2.05) is 17.0 Å². The Labute approximate surface area is 157 Å². The van der Waals surface area contributed by atoms with Crippen LogP contribution in [0.3, 0.4) is 0 Å². The Hall–Kier alpha value is -2.41. The lowest BCUT2D eigenvalue weighted by atomic mass is 9.78. The smallest absolute Gasteiger partial charge is 0.263 e. The van der Waals surface area contributed by atoms with Gasteiger partial charge in [0.1, 0.15) is 9.71 Å². The summed E-state index contributed by atoms with van der Waals surface area (Å²) < 4.78 is 0. The highest BCUT2D eigenvalue weighted by atomic mass is 32.1. The Balaban J connectivity index is 1.97. The first-order valence-electron chi connectivity index (χ1n) is 8.63. The maximum absolute atomic E-state index is 12.3. The molecule has 1 atom stereocenters. The number of anilines is 1. The van der Waals surface area contributed by atoms with E-state index < -0.39 is 0 Å². The number of fused-ring (bicyclic) bond motifs is 1. The number of piperidine rings is 1. The zero-order chi connectivity index (χ0) is 19.1. The summed E-state index contributed by atoms with van der Waals surface area (Å²) in [6.45, 7) is 9.01. The molecule has 6 nitrogen and oxygen atoms in total. The molecule has 0 bridgehead atoms. The number of carbonyl (C=O) groups excluding carboxylic acids is 2. The minimum Gasteiger partial charge on any atom is -0.397 e. The second kappa shape index (κ2) is 6.72. The van der Waals surface area contributed by atoms with Gasteiger partial charge < -0.3 is 16.0 Å². The lowest BCUT2D eigenvalue weighted by Crippen LogP contribution is -2.47. The van der Waals surface area contributed by atoms with Gasteiger partial charge in [-0.15, -0.1) is 11.3 Å². The van der Waals surface area contributed by atoms with E-state index in [0.29, 0.717) is 22.7 Å². The normalized spacial score (nSPS) is 20.2. The standard InChI is InChI=1S/C19H24N4O2S/c1-11(2)18(25)23-9-5-8-19(3,10-23)13-7-6-12-14(20)15(16(24)21-4)26-17(12)22-13/h6-7H,1,5,8-10,20H2,2-4H3,(H,21,24). The number of carbonyl (C=O) groups is 2. The van der Waals surface area contributed by atoms with Crippen molar-refractivity contribution >= 4 is 39.1 Å². The molecule has 0 saturated carbocycles. The van der Waals surface area contributed by atoms with Crippen LogP contribution in [0.1, 0.15) is 42.1 Å². The summed E-state index contributed by atoms with van der Waals surface area (Å²) in [5, 5.41) is 3.41. The molecule has 0 spiro atoms. The van der Waals surface area contributed by atoms with E-state index in [-0.39, 0.29) is 17.2 Å². The van der Waals surface area contributed by atoms with Crippen molar-refractivity contribution in [2.45, 2.75) is 32.1 Å². The number of nitrogens with two attached hydrogens (primary N) is 1. The van der Waals surface area contributed by atoms with E-state index in [4.69, 9.17) is 10.7 Å². The minimum atomic E-state index is -0.233. The number of aromatic nitrogens is 1. The van der Waals surface area contributed by atoms with Crippen LogP contribution in [0, 0.1) is 0 Å². The van der Waals surface area contributed by atoms with E-state index in [1.54, 1.807) is 14.0 Å². The summed E-state index contributed by atoms with van der Waals surface area (Å²) in [7, 11) is 1.58. The lowest BCUT2D eigenvalue weighted by Gasteiger charge is -2.40. The summed E-state index contributed by atoms with van der Waals surface area (Å²) >= 11 is 1.30. The molecule has 0 aromatic carbocycles. The van der Waals surface area contributed by atoms with Crippen LogP contribution in [0.4, 0.5) is 5.69 Å². The fourth-order valence-corrected chi connectivity index (χ4v) is 4.55. The fourth-order valence-electron chi connectivity index (χ4n) is 3.51. The van der Waals surface area contributed by atoms with Crippen LogP contribution in [-0.4, -0.2) is 41.8 Å². The molecule has 1 unspecified atom stereocenters. The summed E-state index contributed by atoms with van der Waals surface area (Å²) in [6.07, 6.45) is 1.87. The van der Waals surface area contributed by atoms with E-state index in [2.05, 4.69) is 18.8 Å². The van der Waals surface area contributed by atoms with Crippen molar-refractivity contribution in [3.63, 3.8) is 0 Å². The van der Waals surface area contributed by atoms with E-state index in [0.717, 1.165) is 35.3 Å². The molecule has 2 aromatic heterocycles. The number of thiophene rings is 1. The van der Waals surface area contributed by atoms with E-state index in [1.165, 1.54) is 11.3 Å². The van der Waals surface area contributed by atoms with Crippen LogP contribution in [0.2, 0.25) is 0 Å². The third-order valence-corrected chi connectivity index (χ3v) is 6.11. The largest absolute Gasteiger partial charge is 0.397 e. The average Bonchev–Trinajstić information content (AvgIpc) is 2.96. The quantitative estimate of drug-likeness (QED) is 0.811.